The normalized spacial score (nSPS) is 21.5. The summed E-state index contributed by atoms with van der Waals surface area (Å²) in [5, 5.41) is 2.17. The lowest BCUT2D eigenvalue weighted by Gasteiger charge is -2.27. The second kappa shape index (κ2) is 4.97. The maximum Gasteiger partial charge on any atom is 0.280 e. The molecule has 2 aliphatic heterocycles. The predicted molar refractivity (Wildman–Crippen MR) is 79.6 cm³/mol. The molecule has 7 nitrogen and oxygen atoms in total. The fourth-order valence-electron chi connectivity index (χ4n) is 2.76. The van der Waals surface area contributed by atoms with E-state index in [0.717, 1.165) is 4.90 Å². The summed E-state index contributed by atoms with van der Waals surface area (Å²) in [6, 6.07) is 2.34. The van der Waals surface area contributed by atoms with Crippen molar-refractivity contribution in [2.75, 3.05) is 0 Å². The smallest absolute Gasteiger partial charge is 0.280 e. The standard InChI is InChI=1S/C16H17N3O4/c1-16(2,3)10-6-4-8-12(17-10)15(23)19(14(8)22)9-5-7-11(20)18-13(9)21/h4,6,9H,5,7H2,1-3H3,(H,18,20,21). The van der Waals surface area contributed by atoms with Crippen LogP contribution in [-0.4, -0.2) is 39.6 Å². The van der Waals surface area contributed by atoms with Gasteiger partial charge in [0.25, 0.3) is 11.8 Å². The van der Waals surface area contributed by atoms with Gasteiger partial charge in [0.15, 0.2) is 0 Å². The van der Waals surface area contributed by atoms with E-state index in [0.29, 0.717) is 5.69 Å². The Morgan fingerprint density at radius 1 is 1.13 bits per heavy atom. The molecule has 1 aromatic heterocycles. The van der Waals surface area contributed by atoms with Crippen molar-refractivity contribution in [2.45, 2.75) is 45.1 Å². The molecule has 1 atom stereocenters. The van der Waals surface area contributed by atoms with Crippen LogP contribution in [0.5, 0.6) is 0 Å². The minimum atomic E-state index is -0.958. The maximum absolute atomic E-state index is 12.6. The van der Waals surface area contributed by atoms with Gasteiger partial charge in [-0.1, -0.05) is 20.8 Å². The Kier molecular flexibility index (Phi) is 3.31. The van der Waals surface area contributed by atoms with Gasteiger partial charge in [0.2, 0.25) is 11.8 Å². The van der Waals surface area contributed by atoms with Gasteiger partial charge in [0.1, 0.15) is 11.7 Å². The topological polar surface area (TPSA) is 96.4 Å². The van der Waals surface area contributed by atoms with Gasteiger partial charge in [-0.05, 0) is 18.6 Å². The van der Waals surface area contributed by atoms with E-state index < -0.39 is 29.7 Å². The van der Waals surface area contributed by atoms with Crippen LogP contribution in [0.15, 0.2) is 12.1 Å². The molecule has 1 unspecified atom stereocenters. The summed E-state index contributed by atoms with van der Waals surface area (Å²) in [6.45, 7) is 5.88. The van der Waals surface area contributed by atoms with E-state index >= 15 is 0 Å². The van der Waals surface area contributed by atoms with Crippen LogP contribution in [0, 0.1) is 0 Å². The fourth-order valence-corrected chi connectivity index (χ4v) is 2.76. The van der Waals surface area contributed by atoms with E-state index in [9.17, 15) is 19.2 Å². The van der Waals surface area contributed by atoms with Gasteiger partial charge in [-0.3, -0.25) is 29.4 Å². The summed E-state index contributed by atoms with van der Waals surface area (Å²) in [7, 11) is 0. The summed E-state index contributed by atoms with van der Waals surface area (Å²) in [5.41, 5.74) is 0.711. The molecule has 23 heavy (non-hydrogen) atoms. The highest BCUT2D eigenvalue weighted by molar-refractivity contribution is 6.22. The largest absolute Gasteiger partial charge is 0.295 e. The Morgan fingerprint density at radius 2 is 1.83 bits per heavy atom. The van der Waals surface area contributed by atoms with E-state index in [-0.39, 0.29) is 29.5 Å². The van der Waals surface area contributed by atoms with Crippen LogP contribution >= 0.6 is 0 Å². The van der Waals surface area contributed by atoms with Gasteiger partial charge in [-0.2, -0.15) is 0 Å². The molecular weight excluding hydrogens is 298 g/mol. The zero-order chi connectivity index (χ0) is 16.9. The molecule has 1 aromatic rings. The monoisotopic (exact) mass is 315 g/mol. The van der Waals surface area contributed by atoms with Gasteiger partial charge in [0, 0.05) is 17.5 Å². The zero-order valence-electron chi connectivity index (χ0n) is 13.2. The Morgan fingerprint density at radius 3 is 2.43 bits per heavy atom. The number of hydrogen-bond donors (Lipinski definition) is 1. The molecule has 2 aliphatic rings. The average Bonchev–Trinajstić information content (AvgIpc) is 2.71. The molecule has 0 spiro atoms. The Labute approximate surface area is 133 Å². The first-order valence-corrected chi connectivity index (χ1v) is 7.43. The lowest BCUT2D eigenvalue weighted by molar-refractivity contribution is -0.136. The van der Waals surface area contributed by atoms with Crippen molar-refractivity contribution in [3.63, 3.8) is 0 Å². The highest BCUT2D eigenvalue weighted by Crippen LogP contribution is 2.29. The third-order valence-corrected chi connectivity index (χ3v) is 4.06. The third-order valence-electron chi connectivity index (χ3n) is 4.06. The van der Waals surface area contributed by atoms with Crippen molar-refractivity contribution in [3.05, 3.63) is 29.1 Å². The van der Waals surface area contributed by atoms with Gasteiger partial charge in [-0.25, -0.2) is 4.98 Å². The number of rotatable bonds is 1. The van der Waals surface area contributed by atoms with E-state index in [1.807, 2.05) is 20.8 Å². The number of pyridine rings is 1. The molecule has 0 aliphatic carbocycles. The fraction of sp³-hybridized carbons (Fsp3) is 0.438. The average molecular weight is 315 g/mol. The molecule has 3 heterocycles. The SMILES string of the molecule is CC(C)(C)c1ccc2c(n1)C(=O)N(C1CCC(=O)NC1=O)C2=O. The molecule has 3 rings (SSSR count). The first-order valence-electron chi connectivity index (χ1n) is 7.43. The molecule has 7 heteroatoms. The molecule has 120 valence electrons. The molecule has 4 amide bonds. The van der Waals surface area contributed by atoms with Gasteiger partial charge in [-0.15, -0.1) is 0 Å². The molecule has 0 saturated carbocycles. The van der Waals surface area contributed by atoms with Gasteiger partial charge in [0.05, 0.1) is 5.56 Å². The van der Waals surface area contributed by atoms with E-state index in [2.05, 4.69) is 10.3 Å². The van der Waals surface area contributed by atoms with Crippen molar-refractivity contribution in [3.8, 4) is 0 Å². The number of piperidine rings is 1. The summed E-state index contributed by atoms with van der Waals surface area (Å²) in [4.78, 5) is 53.5. The number of imide groups is 2. The molecule has 1 N–H and O–H groups in total. The van der Waals surface area contributed by atoms with E-state index in [1.54, 1.807) is 12.1 Å². The second-order valence-electron chi connectivity index (χ2n) is 6.79. The number of aromatic nitrogens is 1. The van der Waals surface area contributed by atoms with Crippen LogP contribution in [0.3, 0.4) is 0 Å². The van der Waals surface area contributed by atoms with Crippen molar-refractivity contribution < 1.29 is 19.2 Å². The number of nitrogens with one attached hydrogen (secondary N) is 1. The van der Waals surface area contributed by atoms with Crippen LogP contribution in [-0.2, 0) is 15.0 Å². The van der Waals surface area contributed by atoms with Crippen LogP contribution in [0.4, 0.5) is 0 Å². The third kappa shape index (κ3) is 2.42. The molecule has 1 saturated heterocycles. The summed E-state index contributed by atoms with van der Waals surface area (Å²) < 4.78 is 0. The molecule has 1 fully saturated rings. The van der Waals surface area contributed by atoms with E-state index in [4.69, 9.17) is 0 Å². The van der Waals surface area contributed by atoms with Gasteiger partial charge >= 0.3 is 0 Å². The zero-order valence-corrected chi connectivity index (χ0v) is 13.2. The maximum atomic E-state index is 12.6. The Balaban J connectivity index is 1.98. The van der Waals surface area contributed by atoms with Crippen LogP contribution in [0.1, 0.15) is 60.2 Å². The van der Waals surface area contributed by atoms with Crippen molar-refractivity contribution in [1.29, 1.82) is 0 Å². The first kappa shape index (κ1) is 15.3. The quantitative estimate of drug-likeness (QED) is 0.773. The second-order valence-corrected chi connectivity index (χ2v) is 6.79. The number of carbonyl (C=O) groups is 4. The lowest BCUT2D eigenvalue weighted by Crippen LogP contribution is -2.54. The molecular formula is C16H17N3O4. The predicted octanol–water partition coefficient (Wildman–Crippen LogP) is 0.780. The summed E-state index contributed by atoms with van der Waals surface area (Å²) in [6.07, 6.45) is 0.243. The number of hydrogen-bond acceptors (Lipinski definition) is 5. The van der Waals surface area contributed by atoms with Crippen LogP contribution in [0.25, 0.3) is 0 Å². The van der Waals surface area contributed by atoms with Gasteiger partial charge < -0.3 is 0 Å². The first-order chi connectivity index (χ1) is 10.7. The summed E-state index contributed by atoms with van der Waals surface area (Å²) in [5.74, 6) is -2.12. The molecule has 0 aromatic carbocycles. The molecule has 0 radical (unpaired) electrons. The summed E-state index contributed by atoms with van der Waals surface area (Å²) >= 11 is 0. The number of fused-ring (bicyclic) bond motifs is 1. The van der Waals surface area contributed by atoms with Crippen molar-refractivity contribution in [1.82, 2.24) is 15.2 Å². The Hall–Kier alpha value is -2.57. The van der Waals surface area contributed by atoms with Crippen LogP contribution in [0.2, 0.25) is 0 Å². The minimum absolute atomic E-state index is 0.0760. The number of nitrogens with zero attached hydrogens (tertiary/aromatic N) is 2. The highest BCUT2D eigenvalue weighted by atomic mass is 16.2. The Bertz CT molecular complexity index is 748. The number of carbonyl (C=O) groups excluding carboxylic acids is 4. The van der Waals surface area contributed by atoms with Crippen LogP contribution < -0.4 is 5.32 Å². The number of amides is 4. The van der Waals surface area contributed by atoms with Crippen molar-refractivity contribution >= 4 is 23.6 Å². The van der Waals surface area contributed by atoms with E-state index in [1.165, 1.54) is 0 Å². The lowest BCUT2D eigenvalue weighted by atomic mass is 9.91. The highest BCUT2D eigenvalue weighted by Gasteiger charge is 2.45. The van der Waals surface area contributed by atoms with Crippen molar-refractivity contribution in [2.24, 2.45) is 0 Å². The minimum Gasteiger partial charge on any atom is -0.295 e. The molecule has 0 bridgehead atoms.